The summed E-state index contributed by atoms with van der Waals surface area (Å²) in [7, 11) is -3.81. The van der Waals surface area contributed by atoms with Gasteiger partial charge in [-0.3, -0.25) is 0 Å². The van der Waals surface area contributed by atoms with E-state index in [9.17, 15) is 13.2 Å². The van der Waals surface area contributed by atoms with Gasteiger partial charge >= 0.3 is 5.97 Å². The van der Waals surface area contributed by atoms with Gasteiger partial charge in [-0.2, -0.15) is 13.5 Å². The molecule has 0 spiro atoms. The summed E-state index contributed by atoms with van der Waals surface area (Å²) in [6.07, 6.45) is 4.24. The molecule has 3 aromatic carbocycles. The predicted molar refractivity (Wildman–Crippen MR) is 124 cm³/mol. The molecule has 158 valence electrons. The fourth-order valence-corrected chi connectivity index (χ4v) is 3.69. The Bertz CT molecular complexity index is 1220. The van der Waals surface area contributed by atoms with E-state index in [1.165, 1.54) is 24.4 Å². The second-order valence-corrected chi connectivity index (χ2v) is 9.09. The topological polar surface area (TPSA) is 84.8 Å². The van der Waals surface area contributed by atoms with Crippen LogP contribution < -0.4 is 9.57 Å². The van der Waals surface area contributed by atoms with Crippen LogP contribution in [0.5, 0.6) is 5.75 Å². The maximum absolute atomic E-state index is 12.4. The van der Waals surface area contributed by atoms with Gasteiger partial charge in [-0.25, -0.2) is 9.63 Å². The Hall–Kier alpha value is -3.23. The van der Waals surface area contributed by atoms with E-state index in [0.717, 1.165) is 15.6 Å². The Kier molecular flexibility index (Phi) is 7.38. The number of ether oxygens (including phenoxy) is 1. The number of nitrogens with one attached hydrogen (secondary N) is 1. The van der Waals surface area contributed by atoms with Gasteiger partial charge in [0.2, 0.25) is 0 Å². The van der Waals surface area contributed by atoms with Gasteiger partial charge < -0.3 is 4.74 Å². The molecule has 3 rings (SSSR count). The van der Waals surface area contributed by atoms with Crippen LogP contribution >= 0.6 is 15.9 Å². The highest BCUT2D eigenvalue weighted by Crippen LogP contribution is 2.22. The molecule has 8 heteroatoms. The van der Waals surface area contributed by atoms with E-state index in [-0.39, 0.29) is 10.6 Å². The van der Waals surface area contributed by atoms with E-state index in [2.05, 4.69) is 25.9 Å². The van der Waals surface area contributed by atoms with Crippen LogP contribution in [0.3, 0.4) is 0 Å². The summed E-state index contributed by atoms with van der Waals surface area (Å²) in [5.41, 5.74) is 2.23. The van der Waals surface area contributed by atoms with Gasteiger partial charge in [0.05, 0.1) is 11.1 Å². The number of carbonyl (C=O) groups excluding carboxylic acids is 1. The summed E-state index contributed by atoms with van der Waals surface area (Å²) in [4.78, 5) is 14.5. The first-order valence-electron chi connectivity index (χ1n) is 9.19. The minimum absolute atomic E-state index is 0.0993. The largest absolute Gasteiger partial charge is 0.423 e. The van der Waals surface area contributed by atoms with Gasteiger partial charge in [0.1, 0.15) is 5.75 Å². The number of rotatable bonds is 7. The lowest BCUT2D eigenvalue weighted by molar-refractivity contribution is -0.128. The summed E-state index contributed by atoms with van der Waals surface area (Å²) in [6, 6.07) is 20.7. The third-order valence-corrected chi connectivity index (χ3v) is 5.83. The van der Waals surface area contributed by atoms with Crippen molar-refractivity contribution in [1.82, 2.24) is 4.83 Å². The number of hydrazone groups is 1. The average molecular weight is 499 g/mol. The Labute approximate surface area is 189 Å². The number of sulfonamides is 1. The van der Waals surface area contributed by atoms with E-state index >= 15 is 0 Å². The van der Waals surface area contributed by atoms with Gasteiger partial charge in [-0.15, -0.1) is 0 Å². The first-order valence-corrected chi connectivity index (χ1v) is 11.5. The number of aryl methyl sites for hydroxylation is 1. The zero-order chi connectivity index (χ0) is 22.3. The number of halogens is 1. The molecule has 0 saturated heterocycles. The van der Waals surface area contributed by atoms with Crippen LogP contribution in [-0.2, 0) is 14.8 Å². The van der Waals surface area contributed by atoms with Crippen molar-refractivity contribution < 1.29 is 17.9 Å². The Balaban J connectivity index is 1.73. The molecular formula is C23H19BrN2O4S. The van der Waals surface area contributed by atoms with Crippen LogP contribution in [0.4, 0.5) is 0 Å². The SMILES string of the molecule is Cc1ccc(S(=O)(=O)NN=Cc2cc(Br)ccc2OC(=O)C=Cc2ccccc2)cc1. The molecule has 3 aromatic rings. The quantitative estimate of drug-likeness (QED) is 0.168. The van der Waals surface area contributed by atoms with E-state index < -0.39 is 16.0 Å². The number of hydrogen-bond acceptors (Lipinski definition) is 5. The average Bonchev–Trinajstić information content (AvgIpc) is 2.75. The molecule has 0 unspecified atom stereocenters. The van der Waals surface area contributed by atoms with Crippen molar-refractivity contribution in [3.8, 4) is 5.75 Å². The maximum Gasteiger partial charge on any atom is 0.336 e. The molecule has 31 heavy (non-hydrogen) atoms. The highest BCUT2D eigenvalue weighted by molar-refractivity contribution is 9.10. The number of esters is 1. The Morgan fingerprint density at radius 1 is 1.03 bits per heavy atom. The van der Waals surface area contributed by atoms with Gasteiger partial charge in [-0.1, -0.05) is 64.0 Å². The third kappa shape index (κ3) is 6.63. The third-order valence-electron chi connectivity index (χ3n) is 4.10. The first kappa shape index (κ1) is 22.5. The molecule has 6 nitrogen and oxygen atoms in total. The highest BCUT2D eigenvalue weighted by atomic mass is 79.9. The van der Waals surface area contributed by atoms with Gasteiger partial charge in [0, 0.05) is 16.1 Å². The summed E-state index contributed by atoms with van der Waals surface area (Å²) >= 11 is 3.34. The lowest BCUT2D eigenvalue weighted by Gasteiger charge is -2.07. The van der Waals surface area contributed by atoms with Gasteiger partial charge in [0.15, 0.2) is 0 Å². The maximum atomic E-state index is 12.4. The molecule has 0 atom stereocenters. The molecule has 0 heterocycles. The van der Waals surface area contributed by atoms with Crippen molar-refractivity contribution in [2.75, 3.05) is 0 Å². The summed E-state index contributed by atoms with van der Waals surface area (Å²) in [5.74, 6) is -0.328. The van der Waals surface area contributed by atoms with Crippen molar-refractivity contribution in [2.45, 2.75) is 11.8 Å². The number of benzene rings is 3. The van der Waals surface area contributed by atoms with E-state index in [1.54, 1.807) is 36.4 Å². The molecule has 0 saturated carbocycles. The van der Waals surface area contributed by atoms with Crippen LogP contribution in [0.2, 0.25) is 0 Å². The Morgan fingerprint density at radius 2 is 1.74 bits per heavy atom. The van der Waals surface area contributed by atoms with Crippen LogP contribution in [0.25, 0.3) is 6.08 Å². The lowest BCUT2D eigenvalue weighted by Crippen LogP contribution is -2.18. The van der Waals surface area contributed by atoms with Crippen LogP contribution in [0.15, 0.2) is 93.3 Å². The van der Waals surface area contributed by atoms with Crippen molar-refractivity contribution in [1.29, 1.82) is 0 Å². The first-order chi connectivity index (χ1) is 14.8. The highest BCUT2D eigenvalue weighted by Gasteiger charge is 2.12. The summed E-state index contributed by atoms with van der Waals surface area (Å²) in [5, 5.41) is 3.82. The van der Waals surface area contributed by atoms with E-state index in [0.29, 0.717) is 5.56 Å². The normalized spacial score (nSPS) is 11.7. The molecule has 0 bridgehead atoms. The van der Waals surface area contributed by atoms with E-state index in [1.807, 2.05) is 37.3 Å². The smallest absolute Gasteiger partial charge is 0.336 e. The minimum atomic E-state index is -3.81. The molecule has 0 aliphatic rings. The predicted octanol–water partition coefficient (Wildman–Crippen LogP) is 4.69. The fourth-order valence-electron chi connectivity index (χ4n) is 2.52. The molecular weight excluding hydrogens is 480 g/mol. The summed E-state index contributed by atoms with van der Waals surface area (Å²) in [6.45, 7) is 1.87. The zero-order valence-corrected chi connectivity index (χ0v) is 18.9. The molecule has 0 aliphatic heterocycles. The monoisotopic (exact) mass is 498 g/mol. The lowest BCUT2D eigenvalue weighted by atomic mass is 10.2. The second kappa shape index (κ2) is 10.2. The zero-order valence-electron chi connectivity index (χ0n) is 16.5. The van der Waals surface area contributed by atoms with Crippen molar-refractivity contribution in [3.05, 3.63) is 100 Å². The van der Waals surface area contributed by atoms with Gasteiger partial charge in [0.25, 0.3) is 10.0 Å². The van der Waals surface area contributed by atoms with Gasteiger partial charge in [-0.05, 0) is 48.9 Å². The molecule has 0 aliphatic carbocycles. The molecule has 0 radical (unpaired) electrons. The minimum Gasteiger partial charge on any atom is -0.423 e. The van der Waals surface area contributed by atoms with Crippen molar-refractivity contribution in [2.24, 2.45) is 5.10 Å². The van der Waals surface area contributed by atoms with E-state index in [4.69, 9.17) is 4.74 Å². The van der Waals surface area contributed by atoms with Crippen LogP contribution in [0.1, 0.15) is 16.7 Å². The summed E-state index contributed by atoms with van der Waals surface area (Å²) < 4.78 is 30.8. The fraction of sp³-hybridized carbons (Fsp3) is 0.0435. The molecule has 1 N–H and O–H groups in total. The number of carbonyl (C=O) groups is 1. The standard InChI is InChI=1S/C23H19BrN2O4S/c1-17-7-11-21(12-8-17)31(28,29)26-25-16-19-15-20(24)10-13-22(19)30-23(27)14-9-18-5-3-2-4-6-18/h2-16,26H,1H3. The molecule has 0 amide bonds. The number of hydrogen-bond donors (Lipinski definition) is 1. The van der Waals surface area contributed by atoms with Crippen molar-refractivity contribution in [3.63, 3.8) is 0 Å². The van der Waals surface area contributed by atoms with Crippen molar-refractivity contribution >= 4 is 44.2 Å². The second-order valence-electron chi connectivity index (χ2n) is 6.51. The van der Waals surface area contributed by atoms with Crippen LogP contribution in [0, 0.1) is 6.92 Å². The van der Waals surface area contributed by atoms with Crippen LogP contribution in [-0.4, -0.2) is 20.6 Å². The Morgan fingerprint density at radius 3 is 2.45 bits per heavy atom. The number of nitrogens with zero attached hydrogens (tertiary/aromatic N) is 1. The molecule has 0 fully saturated rings. The molecule has 0 aromatic heterocycles.